The highest BCUT2D eigenvalue weighted by Gasteiger charge is 2.02. The molecule has 0 amide bonds. The number of thiazole rings is 1. The molecule has 0 spiro atoms. The molecular formula is C11H7NO2S. The number of aldehydes is 1. The quantitative estimate of drug-likeness (QED) is 0.540. The lowest BCUT2D eigenvalue weighted by Gasteiger charge is -1.96. The first kappa shape index (κ1) is 9.69. The highest BCUT2D eigenvalue weighted by Crippen LogP contribution is 2.25. The van der Waals surface area contributed by atoms with Crippen molar-refractivity contribution in [3.05, 3.63) is 23.2 Å². The molecule has 2 aromatic rings. The van der Waals surface area contributed by atoms with Gasteiger partial charge in [0.2, 0.25) is 0 Å². The van der Waals surface area contributed by atoms with E-state index in [0.717, 1.165) is 16.0 Å². The molecule has 1 aromatic carbocycles. The summed E-state index contributed by atoms with van der Waals surface area (Å²) < 4.78 is 6.10. The number of aromatic nitrogens is 1. The fraction of sp³-hybridized carbons (Fsp3) is 0.0909. The number of hydrogen-bond donors (Lipinski definition) is 0. The maximum Gasteiger partial charge on any atom is 0.193 e. The topological polar surface area (TPSA) is 39.2 Å². The second-order valence-electron chi connectivity index (χ2n) is 2.74. The molecule has 0 aliphatic carbocycles. The van der Waals surface area contributed by atoms with E-state index in [2.05, 4.69) is 16.8 Å². The fourth-order valence-corrected chi connectivity index (χ4v) is 2.03. The Hall–Kier alpha value is -1.86. The zero-order valence-electron chi connectivity index (χ0n) is 7.98. The molecule has 0 unspecified atom stereocenters. The maximum absolute atomic E-state index is 10.1. The van der Waals surface area contributed by atoms with E-state index in [-0.39, 0.29) is 0 Å². The molecule has 15 heavy (non-hydrogen) atoms. The molecule has 0 saturated carbocycles. The Morgan fingerprint density at radius 1 is 1.53 bits per heavy atom. The van der Waals surface area contributed by atoms with Crippen molar-refractivity contribution in [3.8, 4) is 17.6 Å². The van der Waals surface area contributed by atoms with Gasteiger partial charge < -0.3 is 4.74 Å². The first-order chi connectivity index (χ1) is 7.33. The number of ether oxygens (including phenoxy) is 1. The van der Waals surface area contributed by atoms with Gasteiger partial charge in [-0.05, 0) is 30.0 Å². The highest BCUT2D eigenvalue weighted by molar-refractivity contribution is 7.19. The van der Waals surface area contributed by atoms with Crippen LogP contribution < -0.4 is 4.74 Å². The molecule has 0 radical (unpaired) electrons. The van der Waals surface area contributed by atoms with E-state index in [1.54, 1.807) is 7.11 Å². The van der Waals surface area contributed by atoms with Crippen LogP contribution in [0.5, 0.6) is 5.75 Å². The Balaban J connectivity index is 2.50. The smallest absolute Gasteiger partial charge is 0.193 e. The second kappa shape index (κ2) is 4.11. The van der Waals surface area contributed by atoms with E-state index in [4.69, 9.17) is 4.74 Å². The standard InChI is InChI=1S/C11H7NO2S/c1-14-8-4-5-9-10(7-8)15-11(12-9)3-2-6-13/h4-7H,1H3. The minimum atomic E-state index is 0.562. The van der Waals surface area contributed by atoms with E-state index < -0.39 is 0 Å². The Morgan fingerprint density at radius 3 is 3.13 bits per heavy atom. The molecule has 74 valence electrons. The molecule has 0 atom stereocenters. The Morgan fingerprint density at radius 2 is 2.40 bits per heavy atom. The summed E-state index contributed by atoms with van der Waals surface area (Å²) in [4.78, 5) is 14.3. The van der Waals surface area contributed by atoms with Crippen LogP contribution in [0.15, 0.2) is 18.2 Å². The first-order valence-electron chi connectivity index (χ1n) is 4.23. The molecule has 0 bridgehead atoms. The summed E-state index contributed by atoms with van der Waals surface area (Å²) in [5.74, 6) is 5.80. The Bertz CT molecular complexity index is 563. The van der Waals surface area contributed by atoms with Crippen LogP contribution in [-0.2, 0) is 4.79 Å². The van der Waals surface area contributed by atoms with Crippen molar-refractivity contribution in [2.75, 3.05) is 7.11 Å². The van der Waals surface area contributed by atoms with Gasteiger partial charge in [0, 0.05) is 0 Å². The average Bonchev–Trinajstić information content (AvgIpc) is 2.67. The van der Waals surface area contributed by atoms with E-state index in [0.29, 0.717) is 11.3 Å². The summed E-state index contributed by atoms with van der Waals surface area (Å²) in [5.41, 5.74) is 0.871. The van der Waals surface area contributed by atoms with Gasteiger partial charge in [0.05, 0.1) is 17.3 Å². The number of methoxy groups -OCH3 is 1. The van der Waals surface area contributed by atoms with Crippen molar-refractivity contribution in [2.45, 2.75) is 0 Å². The molecule has 0 aliphatic rings. The lowest BCUT2D eigenvalue weighted by atomic mass is 10.3. The van der Waals surface area contributed by atoms with Crippen LogP contribution in [0.25, 0.3) is 10.2 Å². The van der Waals surface area contributed by atoms with E-state index >= 15 is 0 Å². The molecular weight excluding hydrogens is 210 g/mol. The van der Waals surface area contributed by atoms with Gasteiger partial charge in [0.15, 0.2) is 11.3 Å². The van der Waals surface area contributed by atoms with Gasteiger partial charge in [-0.2, -0.15) is 0 Å². The average molecular weight is 217 g/mol. The maximum atomic E-state index is 10.1. The number of hydrogen-bond acceptors (Lipinski definition) is 4. The van der Waals surface area contributed by atoms with Gasteiger partial charge in [-0.1, -0.05) is 0 Å². The lowest BCUT2D eigenvalue weighted by Crippen LogP contribution is -1.80. The molecule has 1 heterocycles. The number of benzene rings is 1. The van der Waals surface area contributed by atoms with Crippen LogP contribution in [0.4, 0.5) is 0 Å². The van der Waals surface area contributed by atoms with Crippen LogP contribution in [0.3, 0.4) is 0 Å². The number of carbonyl (C=O) groups excluding carboxylic acids is 1. The minimum absolute atomic E-state index is 0.562. The van der Waals surface area contributed by atoms with Crippen molar-refractivity contribution in [3.63, 3.8) is 0 Å². The van der Waals surface area contributed by atoms with E-state index in [9.17, 15) is 4.79 Å². The normalized spacial score (nSPS) is 9.40. The summed E-state index contributed by atoms with van der Waals surface area (Å²) in [6.07, 6.45) is 0.562. The van der Waals surface area contributed by atoms with Gasteiger partial charge >= 0.3 is 0 Å². The van der Waals surface area contributed by atoms with Crippen LogP contribution in [0, 0.1) is 11.8 Å². The SMILES string of the molecule is COc1ccc2nc(C#CC=O)sc2c1. The predicted molar refractivity (Wildman–Crippen MR) is 59.1 cm³/mol. The molecule has 1 aromatic heterocycles. The largest absolute Gasteiger partial charge is 0.497 e. The summed E-state index contributed by atoms with van der Waals surface area (Å²) in [7, 11) is 1.62. The molecule has 3 nitrogen and oxygen atoms in total. The van der Waals surface area contributed by atoms with E-state index in [1.165, 1.54) is 11.3 Å². The first-order valence-corrected chi connectivity index (χ1v) is 5.05. The summed E-state index contributed by atoms with van der Waals surface area (Å²) in [6.45, 7) is 0. The van der Waals surface area contributed by atoms with Crippen LogP contribution in [0.1, 0.15) is 5.01 Å². The van der Waals surface area contributed by atoms with Crippen LogP contribution >= 0.6 is 11.3 Å². The van der Waals surface area contributed by atoms with Crippen molar-refractivity contribution in [2.24, 2.45) is 0 Å². The third-order valence-electron chi connectivity index (χ3n) is 1.83. The molecule has 2 rings (SSSR count). The molecule has 4 heteroatoms. The minimum Gasteiger partial charge on any atom is -0.497 e. The van der Waals surface area contributed by atoms with Crippen molar-refractivity contribution in [1.82, 2.24) is 4.98 Å². The summed E-state index contributed by atoms with van der Waals surface area (Å²) in [6, 6.07) is 5.62. The van der Waals surface area contributed by atoms with Crippen LogP contribution in [-0.4, -0.2) is 18.4 Å². The Kier molecular flexibility index (Phi) is 2.66. The van der Waals surface area contributed by atoms with Gasteiger partial charge in [-0.15, -0.1) is 11.3 Å². The molecule has 0 saturated heterocycles. The fourth-order valence-electron chi connectivity index (χ4n) is 1.18. The van der Waals surface area contributed by atoms with Gasteiger partial charge in [0.25, 0.3) is 0 Å². The van der Waals surface area contributed by atoms with Gasteiger partial charge in [-0.25, -0.2) is 4.98 Å². The highest BCUT2D eigenvalue weighted by atomic mass is 32.1. The second-order valence-corrected chi connectivity index (χ2v) is 3.77. The van der Waals surface area contributed by atoms with Gasteiger partial charge in [0.1, 0.15) is 5.75 Å². The Labute approximate surface area is 90.7 Å². The molecule has 0 fully saturated rings. The molecule has 0 aliphatic heterocycles. The lowest BCUT2D eigenvalue weighted by molar-refractivity contribution is -0.103. The number of nitrogens with zero attached hydrogens (tertiary/aromatic N) is 1. The number of fused-ring (bicyclic) bond motifs is 1. The summed E-state index contributed by atoms with van der Waals surface area (Å²) >= 11 is 1.44. The van der Waals surface area contributed by atoms with Crippen LogP contribution in [0.2, 0.25) is 0 Å². The van der Waals surface area contributed by atoms with E-state index in [1.807, 2.05) is 18.2 Å². The van der Waals surface area contributed by atoms with Crippen molar-refractivity contribution in [1.29, 1.82) is 0 Å². The zero-order chi connectivity index (χ0) is 10.7. The predicted octanol–water partition coefficient (Wildman–Crippen LogP) is 1.86. The third kappa shape index (κ3) is 1.97. The monoisotopic (exact) mass is 217 g/mol. The summed E-state index contributed by atoms with van der Waals surface area (Å²) in [5, 5.41) is 0.644. The van der Waals surface area contributed by atoms with Crippen molar-refractivity contribution < 1.29 is 9.53 Å². The van der Waals surface area contributed by atoms with Crippen molar-refractivity contribution >= 4 is 27.8 Å². The molecule has 0 N–H and O–H groups in total. The van der Waals surface area contributed by atoms with Gasteiger partial charge in [-0.3, -0.25) is 4.79 Å². The number of carbonyl (C=O) groups is 1. The zero-order valence-corrected chi connectivity index (χ0v) is 8.80. The number of rotatable bonds is 1. The third-order valence-corrected chi connectivity index (χ3v) is 2.77.